The predicted molar refractivity (Wildman–Crippen MR) is 76.1 cm³/mol. The van der Waals surface area contributed by atoms with Crippen molar-refractivity contribution in [2.24, 2.45) is 11.3 Å². The SMILES string of the molecule is CC(C)(C)C1CCCN(C(=O)NC2CCOC2)CC1. The van der Waals surface area contributed by atoms with Crippen LogP contribution in [0.1, 0.15) is 46.5 Å². The molecular weight excluding hydrogens is 240 g/mol. The maximum absolute atomic E-state index is 12.2. The summed E-state index contributed by atoms with van der Waals surface area (Å²) in [5.74, 6) is 0.722. The molecule has 0 aromatic rings. The van der Waals surface area contributed by atoms with Crippen LogP contribution in [0.4, 0.5) is 4.79 Å². The number of hydrogen-bond acceptors (Lipinski definition) is 2. The summed E-state index contributed by atoms with van der Waals surface area (Å²) in [6.45, 7) is 10.2. The summed E-state index contributed by atoms with van der Waals surface area (Å²) in [7, 11) is 0. The zero-order valence-corrected chi connectivity index (χ0v) is 12.6. The smallest absolute Gasteiger partial charge is 0.317 e. The van der Waals surface area contributed by atoms with Crippen molar-refractivity contribution in [3.05, 3.63) is 0 Å². The monoisotopic (exact) mass is 268 g/mol. The zero-order valence-electron chi connectivity index (χ0n) is 12.6. The van der Waals surface area contributed by atoms with Crippen LogP contribution >= 0.6 is 0 Å². The van der Waals surface area contributed by atoms with E-state index in [0.29, 0.717) is 12.0 Å². The highest BCUT2D eigenvalue weighted by atomic mass is 16.5. The number of urea groups is 1. The Morgan fingerprint density at radius 3 is 2.63 bits per heavy atom. The van der Waals surface area contributed by atoms with Gasteiger partial charge in [0.2, 0.25) is 0 Å². The third kappa shape index (κ3) is 4.10. The summed E-state index contributed by atoms with van der Waals surface area (Å²) in [5.41, 5.74) is 0.353. The molecule has 2 aliphatic rings. The van der Waals surface area contributed by atoms with Crippen molar-refractivity contribution < 1.29 is 9.53 Å². The van der Waals surface area contributed by atoms with E-state index in [9.17, 15) is 4.79 Å². The summed E-state index contributed by atoms with van der Waals surface area (Å²) < 4.78 is 5.30. The highest BCUT2D eigenvalue weighted by Gasteiger charge is 2.29. The van der Waals surface area contributed by atoms with Gasteiger partial charge in [0.1, 0.15) is 0 Å². The van der Waals surface area contributed by atoms with Crippen LogP contribution in [0.3, 0.4) is 0 Å². The van der Waals surface area contributed by atoms with Crippen LogP contribution in [-0.4, -0.2) is 43.3 Å². The third-order valence-electron chi connectivity index (χ3n) is 4.50. The number of rotatable bonds is 1. The van der Waals surface area contributed by atoms with E-state index < -0.39 is 0 Å². The molecule has 2 fully saturated rings. The minimum atomic E-state index is 0.102. The molecule has 1 N–H and O–H groups in total. The van der Waals surface area contributed by atoms with Crippen LogP contribution in [0.25, 0.3) is 0 Å². The number of ether oxygens (including phenoxy) is 1. The Morgan fingerprint density at radius 1 is 1.21 bits per heavy atom. The molecule has 2 amide bonds. The lowest BCUT2D eigenvalue weighted by Crippen LogP contribution is -2.45. The lowest BCUT2D eigenvalue weighted by atomic mass is 9.77. The van der Waals surface area contributed by atoms with Crippen molar-refractivity contribution in [2.75, 3.05) is 26.3 Å². The van der Waals surface area contributed by atoms with Crippen molar-refractivity contribution in [2.45, 2.75) is 52.5 Å². The van der Waals surface area contributed by atoms with Crippen LogP contribution in [0.15, 0.2) is 0 Å². The van der Waals surface area contributed by atoms with Gasteiger partial charge in [-0.2, -0.15) is 0 Å². The van der Waals surface area contributed by atoms with Gasteiger partial charge in [0.25, 0.3) is 0 Å². The van der Waals surface area contributed by atoms with Crippen LogP contribution in [0.2, 0.25) is 0 Å². The quantitative estimate of drug-likeness (QED) is 0.794. The molecule has 0 bridgehead atoms. The number of carbonyl (C=O) groups is 1. The molecule has 2 saturated heterocycles. The van der Waals surface area contributed by atoms with Gasteiger partial charge in [-0.15, -0.1) is 0 Å². The molecule has 2 atom stereocenters. The van der Waals surface area contributed by atoms with Gasteiger partial charge in [-0.3, -0.25) is 0 Å². The number of carbonyl (C=O) groups excluding carboxylic acids is 1. The van der Waals surface area contributed by atoms with Gasteiger partial charge in [-0.1, -0.05) is 20.8 Å². The maximum atomic E-state index is 12.2. The molecular formula is C15H28N2O2. The van der Waals surface area contributed by atoms with Crippen molar-refractivity contribution in [3.8, 4) is 0 Å². The normalized spacial score (nSPS) is 29.1. The molecule has 2 heterocycles. The molecule has 2 rings (SSSR count). The summed E-state index contributed by atoms with van der Waals surface area (Å²) in [6.07, 6.45) is 4.43. The topological polar surface area (TPSA) is 41.6 Å². The van der Waals surface area contributed by atoms with E-state index >= 15 is 0 Å². The molecule has 110 valence electrons. The Balaban J connectivity index is 1.82. The predicted octanol–water partition coefficient (Wildman–Crippen LogP) is 2.63. The van der Waals surface area contributed by atoms with Gasteiger partial charge in [-0.05, 0) is 37.0 Å². The first-order valence-corrected chi connectivity index (χ1v) is 7.60. The first-order chi connectivity index (χ1) is 8.97. The standard InChI is InChI=1S/C15H28N2O2/c1-15(2,3)12-5-4-8-17(9-6-12)14(18)16-13-7-10-19-11-13/h12-13H,4-11H2,1-3H3,(H,16,18). The minimum Gasteiger partial charge on any atom is -0.379 e. The summed E-state index contributed by atoms with van der Waals surface area (Å²) >= 11 is 0. The van der Waals surface area contributed by atoms with E-state index in [1.165, 1.54) is 6.42 Å². The summed E-state index contributed by atoms with van der Waals surface area (Å²) in [4.78, 5) is 14.2. The maximum Gasteiger partial charge on any atom is 0.317 e. The number of likely N-dealkylation sites (tertiary alicyclic amines) is 1. The number of nitrogens with zero attached hydrogens (tertiary/aromatic N) is 1. The molecule has 0 aliphatic carbocycles. The highest BCUT2D eigenvalue weighted by Crippen LogP contribution is 2.34. The molecule has 2 unspecified atom stereocenters. The second kappa shape index (κ2) is 6.12. The average Bonchev–Trinajstić information content (AvgIpc) is 2.69. The highest BCUT2D eigenvalue weighted by molar-refractivity contribution is 5.74. The number of hydrogen-bond donors (Lipinski definition) is 1. The fraction of sp³-hybridized carbons (Fsp3) is 0.933. The molecule has 19 heavy (non-hydrogen) atoms. The largest absolute Gasteiger partial charge is 0.379 e. The Kier molecular flexibility index (Phi) is 4.71. The third-order valence-corrected chi connectivity index (χ3v) is 4.50. The fourth-order valence-corrected chi connectivity index (χ4v) is 3.08. The molecule has 0 aromatic heterocycles. The van der Waals surface area contributed by atoms with Crippen molar-refractivity contribution in [3.63, 3.8) is 0 Å². The van der Waals surface area contributed by atoms with Crippen LogP contribution in [0, 0.1) is 11.3 Å². The molecule has 2 aliphatic heterocycles. The second-order valence-electron chi connectivity index (χ2n) is 6.99. The van der Waals surface area contributed by atoms with Gasteiger partial charge in [-0.25, -0.2) is 4.79 Å². The first kappa shape index (κ1) is 14.6. The average molecular weight is 268 g/mol. The lowest BCUT2D eigenvalue weighted by Gasteiger charge is -2.30. The van der Waals surface area contributed by atoms with E-state index in [2.05, 4.69) is 26.1 Å². The van der Waals surface area contributed by atoms with Gasteiger partial charge in [0.05, 0.1) is 12.6 Å². The Bertz CT molecular complexity index is 306. The Hall–Kier alpha value is -0.770. The van der Waals surface area contributed by atoms with Gasteiger partial charge >= 0.3 is 6.03 Å². The van der Waals surface area contributed by atoms with Crippen molar-refractivity contribution >= 4 is 6.03 Å². The van der Waals surface area contributed by atoms with Crippen molar-refractivity contribution in [1.29, 1.82) is 0 Å². The van der Waals surface area contributed by atoms with Crippen LogP contribution in [-0.2, 0) is 4.74 Å². The Morgan fingerprint density at radius 2 is 2.00 bits per heavy atom. The van der Waals surface area contributed by atoms with E-state index in [-0.39, 0.29) is 12.1 Å². The number of amides is 2. The fourth-order valence-electron chi connectivity index (χ4n) is 3.08. The molecule has 0 radical (unpaired) electrons. The lowest BCUT2D eigenvalue weighted by molar-refractivity contribution is 0.176. The van der Waals surface area contributed by atoms with E-state index in [4.69, 9.17) is 4.74 Å². The van der Waals surface area contributed by atoms with Gasteiger partial charge in [0.15, 0.2) is 0 Å². The van der Waals surface area contributed by atoms with E-state index in [0.717, 1.165) is 44.9 Å². The molecule has 4 nitrogen and oxygen atoms in total. The van der Waals surface area contributed by atoms with E-state index in [1.807, 2.05) is 4.90 Å². The first-order valence-electron chi connectivity index (χ1n) is 7.60. The van der Waals surface area contributed by atoms with Crippen LogP contribution in [0.5, 0.6) is 0 Å². The molecule has 0 aromatic carbocycles. The van der Waals surface area contributed by atoms with Gasteiger partial charge < -0.3 is 15.0 Å². The molecule has 0 spiro atoms. The molecule has 4 heteroatoms. The molecule has 0 saturated carbocycles. The summed E-state index contributed by atoms with van der Waals surface area (Å²) in [6, 6.07) is 0.319. The summed E-state index contributed by atoms with van der Waals surface area (Å²) in [5, 5.41) is 3.09. The minimum absolute atomic E-state index is 0.102. The Labute approximate surface area is 116 Å². The zero-order chi connectivity index (χ0) is 13.9. The second-order valence-corrected chi connectivity index (χ2v) is 6.99. The van der Waals surface area contributed by atoms with E-state index in [1.54, 1.807) is 0 Å². The van der Waals surface area contributed by atoms with Crippen LogP contribution < -0.4 is 5.32 Å². The van der Waals surface area contributed by atoms with Gasteiger partial charge in [0, 0.05) is 19.7 Å². The number of nitrogens with one attached hydrogen (secondary N) is 1. The van der Waals surface area contributed by atoms with Crippen molar-refractivity contribution in [1.82, 2.24) is 10.2 Å².